The minimum absolute atomic E-state index is 0.0937. The van der Waals surface area contributed by atoms with Crippen LogP contribution in [0.4, 0.5) is 16.6 Å². The highest BCUT2D eigenvalue weighted by molar-refractivity contribution is 5.99. The normalized spacial score (nSPS) is 16.4. The minimum atomic E-state index is -1.32. The summed E-state index contributed by atoms with van der Waals surface area (Å²) in [5.41, 5.74) is 2.09. The number of aliphatic hydroxyl groups is 1. The van der Waals surface area contributed by atoms with Gasteiger partial charge in [0.1, 0.15) is 23.9 Å². The number of hydrogen-bond donors (Lipinski definition) is 5. The molecule has 5 N–H and O–H groups in total. The molecule has 17 heteroatoms. The second-order valence-corrected chi connectivity index (χ2v) is 13.7. The predicted molar refractivity (Wildman–Crippen MR) is 201 cm³/mol. The van der Waals surface area contributed by atoms with Crippen LogP contribution in [0.2, 0.25) is 0 Å². The van der Waals surface area contributed by atoms with E-state index < -0.39 is 54.4 Å². The number of hydrogen-bond acceptors (Lipinski definition) is 12. The van der Waals surface area contributed by atoms with Crippen LogP contribution in [0.25, 0.3) is 22.0 Å². The lowest BCUT2D eigenvalue weighted by atomic mass is 10.0. The third kappa shape index (κ3) is 10.0. The molecule has 1 aliphatic heterocycles. The van der Waals surface area contributed by atoms with Gasteiger partial charge in [0.2, 0.25) is 36.0 Å². The van der Waals surface area contributed by atoms with Crippen LogP contribution >= 0.6 is 0 Å². The van der Waals surface area contributed by atoms with E-state index in [1.165, 1.54) is 24.0 Å². The summed E-state index contributed by atoms with van der Waals surface area (Å²) in [4.78, 5) is 81.2. The van der Waals surface area contributed by atoms with Gasteiger partial charge in [-0.3, -0.25) is 29.8 Å². The monoisotopic (exact) mass is 749 g/mol. The lowest BCUT2D eigenvalue weighted by Gasteiger charge is -2.32. The van der Waals surface area contributed by atoms with E-state index in [1.54, 1.807) is 52.2 Å². The molecule has 0 bridgehead atoms. The van der Waals surface area contributed by atoms with Crippen molar-refractivity contribution >= 4 is 52.4 Å². The number of aromatic nitrogens is 3. The van der Waals surface area contributed by atoms with Gasteiger partial charge in [-0.2, -0.15) is 0 Å². The zero-order chi connectivity index (χ0) is 39.7. The molecular weight excluding hydrogens is 698 g/mol. The van der Waals surface area contributed by atoms with E-state index in [-0.39, 0.29) is 30.2 Å². The molecule has 17 nitrogen and oxygen atoms in total. The first-order chi connectivity index (χ1) is 25.7. The SMILES string of the molecule is CCN(C(=O)C(NC(=O)OC)C(C)C)C(C)C(=O)Nc1ccc2cc(-c3cnc(NC(=O)C4CCCN4C(=O)C(NC(O)OC)C(C)C)nc3)ccc2n1. The molecule has 54 heavy (non-hydrogen) atoms. The van der Waals surface area contributed by atoms with Gasteiger partial charge >= 0.3 is 6.09 Å². The number of rotatable bonds is 15. The lowest BCUT2D eigenvalue weighted by molar-refractivity contribution is -0.146. The molecule has 0 aliphatic carbocycles. The fraction of sp³-hybridized carbons (Fsp3) is 0.514. The maximum Gasteiger partial charge on any atom is 0.407 e. The number of ether oxygens (including phenoxy) is 2. The molecule has 0 radical (unpaired) electrons. The summed E-state index contributed by atoms with van der Waals surface area (Å²) < 4.78 is 9.52. The van der Waals surface area contributed by atoms with Gasteiger partial charge < -0.3 is 35.0 Å². The van der Waals surface area contributed by atoms with Crippen LogP contribution in [0, 0.1) is 11.8 Å². The van der Waals surface area contributed by atoms with E-state index in [9.17, 15) is 29.1 Å². The summed E-state index contributed by atoms with van der Waals surface area (Å²) in [6.45, 7) is 11.3. The first-order valence-corrected chi connectivity index (χ1v) is 18.0. The number of methoxy groups -OCH3 is 2. The number of fused-ring (bicyclic) bond motifs is 1. The molecule has 292 valence electrons. The molecule has 3 heterocycles. The zero-order valence-corrected chi connectivity index (χ0v) is 32.0. The van der Waals surface area contributed by atoms with Crippen molar-refractivity contribution < 1.29 is 38.6 Å². The molecule has 5 atom stereocenters. The highest BCUT2D eigenvalue weighted by Gasteiger charge is 2.39. The Kier molecular flexibility index (Phi) is 14.3. The van der Waals surface area contributed by atoms with Crippen LogP contribution in [0.1, 0.15) is 54.4 Å². The van der Waals surface area contributed by atoms with Crippen molar-refractivity contribution in [3.8, 4) is 11.1 Å². The van der Waals surface area contributed by atoms with E-state index in [1.807, 2.05) is 32.0 Å². The summed E-state index contributed by atoms with van der Waals surface area (Å²) in [6.07, 6.45) is 2.25. The number of anilines is 2. The second-order valence-electron chi connectivity index (χ2n) is 13.7. The molecular formula is C37H51N9O8. The predicted octanol–water partition coefficient (Wildman–Crippen LogP) is 2.71. The lowest BCUT2D eigenvalue weighted by Crippen LogP contribution is -2.55. The van der Waals surface area contributed by atoms with Gasteiger partial charge in [0, 0.05) is 43.5 Å². The molecule has 1 saturated heterocycles. The number of nitrogens with one attached hydrogen (secondary N) is 4. The Labute approximate surface area is 314 Å². The Morgan fingerprint density at radius 2 is 1.63 bits per heavy atom. The van der Waals surface area contributed by atoms with Crippen LogP contribution in [0.5, 0.6) is 0 Å². The maximum atomic E-state index is 13.4. The Hall–Kier alpha value is -5.26. The molecule has 3 aromatic rings. The van der Waals surface area contributed by atoms with Gasteiger partial charge in [0.15, 0.2) is 0 Å². The minimum Gasteiger partial charge on any atom is -0.453 e. The Morgan fingerprint density at radius 1 is 0.944 bits per heavy atom. The molecule has 2 aromatic heterocycles. The second kappa shape index (κ2) is 18.7. The van der Waals surface area contributed by atoms with Crippen molar-refractivity contribution in [3.63, 3.8) is 0 Å². The third-order valence-electron chi connectivity index (χ3n) is 9.34. The fourth-order valence-corrected chi connectivity index (χ4v) is 6.23. The van der Waals surface area contributed by atoms with Gasteiger partial charge in [-0.15, -0.1) is 0 Å². The van der Waals surface area contributed by atoms with Crippen LogP contribution in [0.3, 0.4) is 0 Å². The van der Waals surface area contributed by atoms with E-state index in [0.29, 0.717) is 36.3 Å². The molecule has 1 fully saturated rings. The van der Waals surface area contributed by atoms with Crippen molar-refractivity contribution in [2.45, 2.75) is 85.0 Å². The number of nitrogens with zero attached hydrogens (tertiary/aromatic N) is 5. The standard InChI is InChI=1S/C37H51N9O8/c1-9-45(33(49)29(20(2)3)42-36(51)53-7)22(6)31(47)41-28-15-13-24-17-23(12-14-26(24)40-28)25-18-38-35(39-19-25)44-32(48)27-11-10-16-46(27)34(50)30(21(4)5)43-37(52)54-8/h12-15,17-22,27,29-30,37,43,52H,9-11,16H2,1-8H3,(H,42,51)(H,40,41,47)(H,38,39,44,48). The Morgan fingerprint density at radius 3 is 2.24 bits per heavy atom. The number of aliphatic hydroxyl groups excluding tert-OH is 1. The molecule has 5 amide bonds. The van der Waals surface area contributed by atoms with Crippen LogP contribution in [-0.4, -0.2) is 117 Å². The Bertz CT molecular complexity index is 1810. The zero-order valence-electron chi connectivity index (χ0n) is 32.0. The number of likely N-dealkylation sites (N-methyl/N-ethyl adjacent to an activating group) is 1. The summed E-state index contributed by atoms with van der Waals surface area (Å²) in [7, 11) is 2.54. The van der Waals surface area contributed by atoms with E-state index in [4.69, 9.17) is 4.74 Å². The first-order valence-electron chi connectivity index (χ1n) is 18.0. The topological polar surface area (TPSA) is 217 Å². The smallest absolute Gasteiger partial charge is 0.407 e. The first kappa shape index (κ1) is 41.5. The molecule has 0 saturated carbocycles. The summed E-state index contributed by atoms with van der Waals surface area (Å²) in [5, 5.41) is 21.5. The number of benzene rings is 1. The van der Waals surface area contributed by atoms with E-state index in [0.717, 1.165) is 10.9 Å². The third-order valence-corrected chi connectivity index (χ3v) is 9.34. The van der Waals surface area contributed by atoms with Crippen LogP contribution in [-0.2, 0) is 28.7 Å². The van der Waals surface area contributed by atoms with Crippen molar-refractivity contribution in [3.05, 3.63) is 42.7 Å². The van der Waals surface area contributed by atoms with Gasteiger partial charge in [-0.1, -0.05) is 33.8 Å². The van der Waals surface area contributed by atoms with E-state index in [2.05, 4.69) is 41.0 Å². The molecule has 0 spiro atoms. The summed E-state index contributed by atoms with van der Waals surface area (Å²) in [5.74, 6) is -1.55. The molecule has 5 unspecified atom stereocenters. The number of carbonyl (C=O) groups is 5. The molecule has 1 aliphatic rings. The van der Waals surface area contributed by atoms with Gasteiger partial charge in [-0.05, 0) is 68.4 Å². The average molecular weight is 750 g/mol. The van der Waals surface area contributed by atoms with Crippen molar-refractivity contribution in [1.29, 1.82) is 0 Å². The van der Waals surface area contributed by atoms with E-state index >= 15 is 0 Å². The van der Waals surface area contributed by atoms with Crippen molar-refractivity contribution in [1.82, 2.24) is 35.4 Å². The quantitative estimate of drug-likeness (QED) is 0.142. The summed E-state index contributed by atoms with van der Waals surface area (Å²) in [6, 6.07) is 5.81. The number of likely N-dealkylation sites (tertiary alicyclic amines) is 1. The molecule has 1 aromatic carbocycles. The highest BCUT2D eigenvalue weighted by atomic mass is 16.6. The van der Waals surface area contributed by atoms with Gasteiger partial charge in [0.05, 0.1) is 18.7 Å². The number of pyridine rings is 1. The summed E-state index contributed by atoms with van der Waals surface area (Å²) >= 11 is 0. The van der Waals surface area contributed by atoms with Crippen LogP contribution in [0.15, 0.2) is 42.7 Å². The van der Waals surface area contributed by atoms with Crippen molar-refractivity contribution in [2.75, 3.05) is 37.9 Å². The fourth-order valence-electron chi connectivity index (χ4n) is 6.23. The number of amides is 5. The highest BCUT2D eigenvalue weighted by Crippen LogP contribution is 2.26. The van der Waals surface area contributed by atoms with Gasteiger partial charge in [-0.25, -0.2) is 19.7 Å². The van der Waals surface area contributed by atoms with Crippen molar-refractivity contribution in [2.24, 2.45) is 11.8 Å². The maximum absolute atomic E-state index is 13.4. The van der Waals surface area contributed by atoms with Gasteiger partial charge in [0.25, 0.3) is 0 Å². The largest absolute Gasteiger partial charge is 0.453 e. The number of carbonyl (C=O) groups excluding carboxylic acids is 5. The average Bonchev–Trinajstić information content (AvgIpc) is 3.66. The van der Waals surface area contributed by atoms with Crippen LogP contribution < -0.4 is 21.3 Å². The molecule has 4 rings (SSSR count). The number of alkyl carbamates (subject to hydrolysis) is 1. The Balaban J connectivity index is 1.40.